The first-order valence-electron chi connectivity index (χ1n) is 7.47. The minimum Gasteiger partial charge on any atom is -0.480 e. The predicted octanol–water partition coefficient (Wildman–Crippen LogP) is -0.664. The van der Waals surface area contributed by atoms with Gasteiger partial charge in [0.2, 0.25) is 0 Å². The minimum absolute atomic E-state index is 0.0664. The fourth-order valence-corrected chi connectivity index (χ4v) is 2.90. The number of imide groups is 1. The van der Waals surface area contributed by atoms with E-state index >= 15 is 0 Å². The molecule has 3 rings (SSSR count). The highest BCUT2D eigenvalue weighted by Crippen LogP contribution is 2.41. The highest BCUT2D eigenvalue weighted by molar-refractivity contribution is 6.08. The summed E-state index contributed by atoms with van der Waals surface area (Å²) in [4.78, 5) is 50.4. The summed E-state index contributed by atoms with van der Waals surface area (Å²) in [6.45, 7) is -0.531. The quantitative estimate of drug-likeness (QED) is 0.270. The van der Waals surface area contributed by atoms with Crippen molar-refractivity contribution in [3.05, 3.63) is 39.7 Å². The van der Waals surface area contributed by atoms with E-state index in [0.29, 0.717) is 0 Å². The first-order valence-corrected chi connectivity index (χ1v) is 7.47. The second kappa shape index (κ2) is 6.46. The zero-order valence-corrected chi connectivity index (χ0v) is 13.1. The van der Waals surface area contributed by atoms with E-state index in [2.05, 4.69) is 20.8 Å². The predicted molar refractivity (Wildman–Crippen MR) is 79.7 cm³/mol. The van der Waals surface area contributed by atoms with Crippen LogP contribution in [0, 0.1) is 15.9 Å². The molecule has 1 aromatic carbocycles. The molecule has 0 aliphatic carbocycles. The lowest BCUT2D eigenvalue weighted by molar-refractivity contribution is -0.757. The van der Waals surface area contributed by atoms with Crippen LogP contribution in [0.25, 0.3) is 0 Å². The summed E-state index contributed by atoms with van der Waals surface area (Å²) in [6.07, 6.45) is -1.46. The van der Waals surface area contributed by atoms with Crippen molar-refractivity contribution in [1.29, 1.82) is 0 Å². The molecule has 2 heterocycles. The molecule has 11 nitrogen and oxygen atoms in total. The molecule has 0 radical (unpaired) electrons. The van der Waals surface area contributed by atoms with Crippen LogP contribution in [0.2, 0.25) is 0 Å². The molecule has 1 saturated heterocycles. The maximum absolute atomic E-state index is 13.6. The fraction of sp³-hybridized carbons (Fsp3) is 0.357. The fourth-order valence-electron chi connectivity index (χ4n) is 2.90. The van der Waals surface area contributed by atoms with Crippen LogP contribution in [-0.4, -0.2) is 42.2 Å². The number of halogens is 1. The molecule has 0 unspecified atom stereocenters. The molecule has 138 valence electrons. The molecular formula is C14H13FN4O7. The first-order chi connectivity index (χ1) is 12.3. The van der Waals surface area contributed by atoms with E-state index in [1.54, 1.807) is 0 Å². The van der Waals surface area contributed by atoms with Crippen molar-refractivity contribution in [1.82, 2.24) is 16.0 Å². The van der Waals surface area contributed by atoms with Crippen LogP contribution in [0.1, 0.15) is 12.0 Å². The molecule has 12 heteroatoms. The van der Waals surface area contributed by atoms with E-state index in [0.717, 1.165) is 12.1 Å². The van der Waals surface area contributed by atoms with Crippen LogP contribution in [0.5, 0.6) is 5.75 Å². The zero-order valence-electron chi connectivity index (χ0n) is 13.1. The van der Waals surface area contributed by atoms with Gasteiger partial charge in [0, 0.05) is 18.5 Å². The van der Waals surface area contributed by atoms with Crippen LogP contribution in [-0.2, 0) is 20.0 Å². The summed E-state index contributed by atoms with van der Waals surface area (Å²) >= 11 is 0. The molecule has 1 fully saturated rings. The lowest BCUT2D eigenvalue weighted by Crippen LogP contribution is -2.54. The van der Waals surface area contributed by atoms with Gasteiger partial charge in [-0.1, -0.05) is 0 Å². The normalized spacial score (nSPS) is 23.5. The topological polar surface area (TPSA) is 149 Å². The van der Waals surface area contributed by atoms with Gasteiger partial charge in [0.05, 0.1) is 0 Å². The molecule has 0 aromatic heterocycles. The number of carbonyl (C=O) groups excluding carboxylic acids is 3. The van der Waals surface area contributed by atoms with Crippen molar-refractivity contribution in [2.45, 2.75) is 18.1 Å². The number of nitrogens with one attached hydrogen (secondary N) is 3. The van der Waals surface area contributed by atoms with Crippen molar-refractivity contribution in [2.75, 3.05) is 13.2 Å². The second-order valence-electron chi connectivity index (χ2n) is 5.61. The van der Waals surface area contributed by atoms with Crippen molar-refractivity contribution in [3.63, 3.8) is 0 Å². The Bertz CT molecular complexity index is 802. The number of carbonyl (C=O) groups is 3. The van der Waals surface area contributed by atoms with E-state index in [1.165, 1.54) is 6.07 Å². The third-order valence-corrected chi connectivity index (χ3v) is 3.99. The summed E-state index contributed by atoms with van der Waals surface area (Å²) in [7, 11) is 0. The average Bonchev–Trinajstić information content (AvgIpc) is 2.85. The minimum atomic E-state index is -1.65. The molecule has 26 heavy (non-hydrogen) atoms. The number of urea groups is 1. The van der Waals surface area contributed by atoms with E-state index in [4.69, 9.17) is 4.74 Å². The number of rotatable bonds is 5. The molecule has 0 saturated carbocycles. The first kappa shape index (κ1) is 17.4. The molecule has 2 aliphatic heterocycles. The Kier molecular flexibility index (Phi) is 4.32. The summed E-state index contributed by atoms with van der Waals surface area (Å²) in [5.41, 5.74) is -1.55. The summed E-state index contributed by atoms with van der Waals surface area (Å²) in [6, 6.07) is 2.62. The summed E-state index contributed by atoms with van der Waals surface area (Å²) in [5, 5.41) is 15.9. The molecule has 3 N–H and O–H groups in total. The highest BCUT2D eigenvalue weighted by Gasteiger charge is 2.54. The number of ether oxygens (including phenoxy) is 1. The Morgan fingerprint density at radius 2 is 2.27 bits per heavy atom. The van der Waals surface area contributed by atoms with Gasteiger partial charge in [0.15, 0.2) is 11.6 Å². The van der Waals surface area contributed by atoms with Crippen LogP contribution in [0.15, 0.2) is 18.2 Å². The van der Waals surface area contributed by atoms with Crippen molar-refractivity contribution < 1.29 is 33.4 Å². The molecule has 2 atom stereocenters. The highest BCUT2D eigenvalue weighted by atomic mass is 19.1. The zero-order chi connectivity index (χ0) is 18.9. The smallest absolute Gasteiger partial charge is 0.322 e. The monoisotopic (exact) mass is 368 g/mol. The van der Waals surface area contributed by atoms with Crippen LogP contribution in [0.3, 0.4) is 0 Å². The van der Waals surface area contributed by atoms with Crippen molar-refractivity contribution >= 4 is 17.8 Å². The van der Waals surface area contributed by atoms with Crippen LogP contribution < -0.4 is 20.7 Å². The number of hydrogen-bond acceptors (Lipinski definition) is 7. The van der Waals surface area contributed by atoms with Crippen LogP contribution >= 0.6 is 0 Å². The third kappa shape index (κ3) is 3.08. The average molecular weight is 368 g/mol. The third-order valence-electron chi connectivity index (χ3n) is 3.99. The molecule has 1 spiro atoms. The number of benzene rings is 1. The van der Waals surface area contributed by atoms with E-state index < -0.39 is 40.4 Å². The number of nitrogens with zero attached hydrogens (tertiary/aromatic N) is 1. The van der Waals surface area contributed by atoms with Gasteiger partial charge in [-0.3, -0.25) is 14.9 Å². The Hall–Kier alpha value is -3.44. The van der Waals surface area contributed by atoms with Gasteiger partial charge in [0.25, 0.3) is 16.9 Å². The molecule has 1 aromatic rings. The summed E-state index contributed by atoms with van der Waals surface area (Å²) < 4.78 is 19.1. The number of hydrogen-bond donors (Lipinski definition) is 3. The van der Waals surface area contributed by atoms with Gasteiger partial charge in [-0.05, 0) is 18.2 Å². The number of fused-ring (bicyclic) bond motifs is 2. The van der Waals surface area contributed by atoms with Crippen LogP contribution in [0.4, 0.5) is 9.18 Å². The standard InChI is InChI=1S/C14H13FN4O7/c15-7-1-2-9-8(5-7)14(12(21)17-13(22)18-14)6-10(26-9)11(20)16-3-4-25-19(23)24/h1-2,5,10H,3-4,6H2,(H,16,20)(H2,17,18,21,22)/t10-,14-/m0/s1. The van der Waals surface area contributed by atoms with Gasteiger partial charge in [-0.25, -0.2) is 9.18 Å². The summed E-state index contributed by atoms with van der Waals surface area (Å²) in [5.74, 6) is -1.97. The van der Waals surface area contributed by atoms with Gasteiger partial charge < -0.3 is 20.2 Å². The lowest BCUT2D eigenvalue weighted by Gasteiger charge is -2.36. The molecule has 2 aliphatic rings. The Balaban J connectivity index is 1.82. The van der Waals surface area contributed by atoms with E-state index in [1.807, 2.05) is 0 Å². The molecule has 0 bridgehead atoms. The van der Waals surface area contributed by atoms with Gasteiger partial charge >= 0.3 is 6.03 Å². The van der Waals surface area contributed by atoms with E-state index in [9.17, 15) is 28.9 Å². The lowest BCUT2D eigenvalue weighted by atomic mass is 9.81. The van der Waals surface area contributed by atoms with E-state index in [-0.39, 0.29) is 30.9 Å². The molecule has 4 amide bonds. The second-order valence-corrected chi connectivity index (χ2v) is 5.61. The van der Waals surface area contributed by atoms with Crippen molar-refractivity contribution in [2.24, 2.45) is 0 Å². The Labute approximate surface area is 144 Å². The molecular weight excluding hydrogens is 355 g/mol. The van der Waals surface area contributed by atoms with Gasteiger partial charge in [0.1, 0.15) is 18.2 Å². The SMILES string of the molecule is O=C1NC(=O)[C@@]2(C[C@@H](C(=O)NCCO[N+](=O)[O-])Oc3ccc(F)cc32)N1. The Morgan fingerprint density at radius 3 is 2.92 bits per heavy atom. The Morgan fingerprint density at radius 1 is 1.50 bits per heavy atom. The van der Waals surface area contributed by atoms with Crippen molar-refractivity contribution in [3.8, 4) is 5.75 Å². The largest absolute Gasteiger partial charge is 0.480 e. The number of amides is 4. The van der Waals surface area contributed by atoms with Gasteiger partial charge in [-0.15, -0.1) is 10.1 Å². The maximum Gasteiger partial charge on any atom is 0.322 e. The van der Waals surface area contributed by atoms with Gasteiger partial charge in [-0.2, -0.15) is 0 Å². The maximum atomic E-state index is 13.6.